The zero-order chi connectivity index (χ0) is 11.0. The predicted molar refractivity (Wildman–Crippen MR) is 54.2 cm³/mol. The first-order valence-electron chi connectivity index (χ1n) is 5.07. The van der Waals surface area contributed by atoms with Gasteiger partial charge < -0.3 is 4.52 Å². The van der Waals surface area contributed by atoms with Gasteiger partial charge in [0.05, 0.1) is 0 Å². The largest absolute Gasteiger partial charge is 0.334 e. The number of hydrogen-bond acceptors (Lipinski definition) is 5. The Labute approximate surface area is 91.7 Å². The van der Waals surface area contributed by atoms with E-state index < -0.39 is 0 Å². The summed E-state index contributed by atoms with van der Waals surface area (Å²) in [5.74, 6) is 1.70. The lowest BCUT2D eigenvalue weighted by Crippen LogP contribution is -1.85. The molecule has 0 unspecified atom stereocenters. The van der Waals surface area contributed by atoms with Crippen LogP contribution in [0.25, 0.3) is 11.5 Å². The fraction of sp³-hybridized carbons (Fsp3) is 0.273. The Kier molecular flexibility index (Phi) is 1.93. The normalized spacial score (nSPS) is 14.7. The molecule has 0 radical (unpaired) electrons. The Morgan fingerprint density at radius 2 is 2.31 bits per heavy atom. The van der Waals surface area contributed by atoms with Gasteiger partial charge in [0, 0.05) is 17.7 Å². The van der Waals surface area contributed by atoms with Crippen molar-refractivity contribution in [3.63, 3.8) is 0 Å². The number of rotatable bonds is 2. The summed E-state index contributed by atoms with van der Waals surface area (Å²) in [5, 5.41) is 12.7. The molecule has 1 saturated carbocycles. The molecule has 0 spiro atoms. The van der Waals surface area contributed by atoms with Crippen molar-refractivity contribution in [1.82, 2.24) is 15.1 Å². The van der Waals surface area contributed by atoms with Crippen LogP contribution >= 0.6 is 0 Å². The van der Waals surface area contributed by atoms with Gasteiger partial charge in [-0.15, -0.1) is 0 Å². The molecule has 0 N–H and O–H groups in total. The highest BCUT2D eigenvalue weighted by molar-refractivity contribution is 5.54. The van der Waals surface area contributed by atoms with Crippen LogP contribution in [0.3, 0.4) is 0 Å². The Morgan fingerprint density at radius 3 is 3.06 bits per heavy atom. The average Bonchev–Trinajstić information content (AvgIpc) is 3.07. The molecule has 5 heteroatoms. The van der Waals surface area contributed by atoms with Crippen LogP contribution in [0.5, 0.6) is 0 Å². The van der Waals surface area contributed by atoms with Gasteiger partial charge in [0.15, 0.2) is 5.82 Å². The molecule has 1 aliphatic rings. The monoisotopic (exact) mass is 212 g/mol. The van der Waals surface area contributed by atoms with Crippen LogP contribution in [-0.2, 0) is 0 Å². The van der Waals surface area contributed by atoms with Crippen LogP contribution < -0.4 is 0 Å². The molecular formula is C11H8N4O. The molecule has 0 amide bonds. The molecule has 3 rings (SSSR count). The van der Waals surface area contributed by atoms with E-state index in [2.05, 4.69) is 15.1 Å². The molecule has 2 aromatic heterocycles. The van der Waals surface area contributed by atoms with Gasteiger partial charge in [-0.3, -0.25) is 0 Å². The minimum absolute atomic E-state index is 0.351. The topological polar surface area (TPSA) is 75.6 Å². The van der Waals surface area contributed by atoms with Crippen molar-refractivity contribution in [2.75, 3.05) is 0 Å². The first-order valence-corrected chi connectivity index (χ1v) is 5.07. The van der Waals surface area contributed by atoms with Gasteiger partial charge in [-0.2, -0.15) is 10.2 Å². The fourth-order valence-electron chi connectivity index (χ4n) is 1.48. The maximum Gasteiger partial charge on any atom is 0.258 e. The van der Waals surface area contributed by atoms with Gasteiger partial charge in [0.1, 0.15) is 11.8 Å². The van der Waals surface area contributed by atoms with Crippen LogP contribution in [0.4, 0.5) is 0 Å². The van der Waals surface area contributed by atoms with Crippen LogP contribution in [0.2, 0.25) is 0 Å². The number of pyridine rings is 1. The summed E-state index contributed by atoms with van der Waals surface area (Å²) in [7, 11) is 0. The lowest BCUT2D eigenvalue weighted by molar-refractivity contribution is 0.422. The summed E-state index contributed by atoms with van der Waals surface area (Å²) in [6.07, 6.45) is 3.84. The molecule has 0 saturated heterocycles. The maximum atomic E-state index is 8.73. The van der Waals surface area contributed by atoms with Crippen LogP contribution in [0, 0.1) is 11.3 Å². The fourth-order valence-corrected chi connectivity index (χ4v) is 1.48. The van der Waals surface area contributed by atoms with Crippen molar-refractivity contribution in [3.8, 4) is 17.5 Å². The highest BCUT2D eigenvalue weighted by Gasteiger charge is 2.28. The molecule has 0 bridgehead atoms. The second-order valence-electron chi connectivity index (χ2n) is 3.77. The molecule has 16 heavy (non-hydrogen) atoms. The number of nitriles is 1. The van der Waals surface area contributed by atoms with Gasteiger partial charge in [-0.05, 0) is 25.0 Å². The molecule has 1 aliphatic carbocycles. The first-order chi connectivity index (χ1) is 7.86. The van der Waals surface area contributed by atoms with Crippen LogP contribution in [-0.4, -0.2) is 15.1 Å². The molecule has 0 atom stereocenters. The second kappa shape index (κ2) is 3.42. The molecule has 78 valence electrons. The minimum atomic E-state index is 0.351. The zero-order valence-corrected chi connectivity index (χ0v) is 8.42. The quantitative estimate of drug-likeness (QED) is 0.759. The third-order valence-corrected chi connectivity index (χ3v) is 2.51. The third-order valence-electron chi connectivity index (χ3n) is 2.51. The summed E-state index contributed by atoms with van der Waals surface area (Å²) < 4.78 is 5.15. The van der Waals surface area contributed by atoms with Gasteiger partial charge in [0.2, 0.25) is 0 Å². The third kappa shape index (κ3) is 1.54. The van der Waals surface area contributed by atoms with Crippen molar-refractivity contribution in [1.29, 1.82) is 5.26 Å². The summed E-state index contributed by atoms with van der Waals surface area (Å²) in [6, 6.07) is 5.38. The van der Waals surface area contributed by atoms with Crippen molar-refractivity contribution >= 4 is 0 Å². The van der Waals surface area contributed by atoms with E-state index in [0.717, 1.165) is 24.2 Å². The second-order valence-corrected chi connectivity index (χ2v) is 3.77. The van der Waals surface area contributed by atoms with E-state index >= 15 is 0 Å². The van der Waals surface area contributed by atoms with Crippen molar-refractivity contribution in [2.45, 2.75) is 18.8 Å². The summed E-state index contributed by atoms with van der Waals surface area (Å²) in [4.78, 5) is 8.19. The highest BCUT2D eigenvalue weighted by atomic mass is 16.5. The van der Waals surface area contributed by atoms with Crippen molar-refractivity contribution in [3.05, 3.63) is 29.8 Å². The number of nitrogens with zero attached hydrogens (tertiary/aromatic N) is 4. The Bertz CT molecular complexity index is 565. The van der Waals surface area contributed by atoms with Crippen molar-refractivity contribution < 1.29 is 4.52 Å². The SMILES string of the molecule is N#Cc1cc(-c2nc(C3CC3)no2)ccn1. The molecule has 5 nitrogen and oxygen atoms in total. The Morgan fingerprint density at radius 1 is 1.44 bits per heavy atom. The Balaban J connectivity index is 1.97. The summed E-state index contributed by atoms with van der Waals surface area (Å²) in [5.41, 5.74) is 1.09. The molecule has 2 aromatic rings. The predicted octanol–water partition coefficient (Wildman–Crippen LogP) is 1.88. The van der Waals surface area contributed by atoms with E-state index in [1.807, 2.05) is 6.07 Å². The van der Waals surface area contributed by atoms with E-state index in [4.69, 9.17) is 9.78 Å². The maximum absolute atomic E-state index is 8.73. The zero-order valence-electron chi connectivity index (χ0n) is 8.42. The molecular weight excluding hydrogens is 204 g/mol. The van der Waals surface area contributed by atoms with Gasteiger partial charge in [-0.25, -0.2) is 4.98 Å². The standard InChI is InChI=1S/C11H8N4O/c12-6-9-5-8(3-4-13-9)11-14-10(15-16-11)7-1-2-7/h3-5,7H,1-2H2. The summed E-state index contributed by atoms with van der Waals surface area (Å²) >= 11 is 0. The van der Waals surface area contributed by atoms with E-state index in [9.17, 15) is 0 Å². The minimum Gasteiger partial charge on any atom is -0.334 e. The molecule has 0 aliphatic heterocycles. The van der Waals surface area contributed by atoms with Crippen LogP contribution in [0.1, 0.15) is 30.3 Å². The van der Waals surface area contributed by atoms with Gasteiger partial charge in [-0.1, -0.05) is 5.16 Å². The molecule has 0 aromatic carbocycles. The van der Waals surface area contributed by atoms with E-state index in [0.29, 0.717) is 17.5 Å². The first kappa shape index (κ1) is 9.04. The molecule has 2 heterocycles. The number of hydrogen-bond donors (Lipinski definition) is 0. The average molecular weight is 212 g/mol. The van der Waals surface area contributed by atoms with Gasteiger partial charge >= 0.3 is 0 Å². The lowest BCUT2D eigenvalue weighted by atomic mass is 10.2. The van der Waals surface area contributed by atoms with Gasteiger partial charge in [0.25, 0.3) is 5.89 Å². The molecule has 1 fully saturated rings. The summed E-state index contributed by atoms with van der Waals surface area (Å²) in [6.45, 7) is 0. The van der Waals surface area contributed by atoms with E-state index in [1.54, 1.807) is 18.3 Å². The Hall–Kier alpha value is -2.22. The van der Waals surface area contributed by atoms with Crippen molar-refractivity contribution in [2.24, 2.45) is 0 Å². The van der Waals surface area contributed by atoms with E-state index in [-0.39, 0.29) is 0 Å². The smallest absolute Gasteiger partial charge is 0.258 e. The van der Waals surface area contributed by atoms with Crippen LogP contribution in [0.15, 0.2) is 22.9 Å². The van der Waals surface area contributed by atoms with E-state index in [1.165, 1.54) is 0 Å². The highest BCUT2D eigenvalue weighted by Crippen LogP contribution is 2.38. The number of aromatic nitrogens is 3. The lowest BCUT2D eigenvalue weighted by Gasteiger charge is -1.92.